The molecule has 0 fully saturated rings. The molecular weight excluding hydrogens is 338 g/mol. The first-order chi connectivity index (χ1) is 8.54. The topological polar surface area (TPSA) is 145 Å². The summed E-state index contributed by atoms with van der Waals surface area (Å²) in [6.45, 7) is 1.70. The summed E-state index contributed by atoms with van der Waals surface area (Å²) >= 11 is 0.866. The monoisotopic (exact) mass is 349 g/mol. The Labute approximate surface area is 123 Å². The van der Waals surface area contributed by atoms with Crippen LogP contribution in [0.3, 0.4) is 0 Å². The lowest BCUT2D eigenvalue weighted by Crippen LogP contribution is -2.24. The minimum Gasteiger partial charge on any atom is -0.492 e. The van der Waals surface area contributed by atoms with Crippen LogP contribution in [0.15, 0.2) is 0 Å². The van der Waals surface area contributed by atoms with Crippen molar-refractivity contribution in [2.75, 3.05) is 12.0 Å². The Morgan fingerprint density at radius 1 is 1.79 bits per heavy atom. The van der Waals surface area contributed by atoms with E-state index >= 15 is 0 Å². The van der Waals surface area contributed by atoms with E-state index in [4.69, 9.17) is 16.5 Å². The Bertz CT molecular complexity index is 512. The largest absolute Gasteiger partial charge is 0.492 e. The van der Waals surface area contributed by atoms with Gasteiger partial charge in [-0.25, -0.2) is 5.84 Å². The first-order valence-corrected chi connectivity index (χ1v) is 5.68. The van der Waals surface area contributed by atoms with Crippen LogP contribution in [-0.2, 0) is 9.53 Å². The first kappa shape index (κ1) is 17.3. The molecule has 19 heavy (non-hydrogen) atoms. The van der Waals surface area contributed by atoms with Crippen molar-refractivity contribution >= 4 is 45.1 Å². The number of ether oxygens (including phenoxy) is 1. The van der Waals surface area contributed by atoms with Crippen LogP contribution >= 0.6 is 28.3 Å². The standard InChI is InChI=1S/C9H11N5O3S.BrH/c1-2-17-8(16)4(3-10)5(11)6-7(15)13-9(14-12)18-6;/h4,11,15H,2,12H2,1H3,(H,13,14);1H. The number of rotatable bonds is 5. The number of aromatic hydroxyl groups is 1. The Morgan fingerprint density at radius 3 is 2.84 bits per heavy atom. The molecule has 0 aliphatic carbocycles. The molecule has 1 heterocycles. The van der Waals surface area contributed by atoms with Gasteiger partial charge in [0.15, 0.2) is 5.92 Å². The second kappa shape index (κ2) is 7.67. The fourth-order valence-electron chi connectivity index (χ4n) is 1.14. The summed E-state index contributed by atoms with van der Waals surface area (Å²) in [5, 5.41) is 26.3. The van der Waals surface area contributed by atoms with Crippen LogP contribution in [0.1, 0.15) is 11.8 Å². The van der Waals surface area contributed by atoms with E-state index in [0.29, 0.717) is 0 Å². The normalized spacial score (nSPS) is 10.8. The molecule has 0 aliphatic rings. The summed E-state index contributed by atoms with van der Waals surface area (Å²) < 4.78 is 4.67. The predicted molar refractivity (Wildman–Crippen MR) is 74.5 cm³/mol. The molecule has 1 unspecified atom stereocenters. The molecular formula is C9H12BrN5O3S. The number of carbonyl (C=O) groups is 1. The summed E-state index contributed by atoms with van der Waals surface area (Å²) in [6, 6.07) is 1.66. The van der Waals surface area contributed by atoms with Gasteiger partial charge in [-0.3, -0.25) is 10.2 Å². The summed E-state index contributed by atoms with van der Waals surface area (Å²) in [7, 11) is 0. The molecule has 0 spiro atoms. The zero-order valence-corrected chi connectivity index (χ0v) is 12.4. The SMILES string of the molecule is Br.CCOC(=O)C(C#N)C(=N)c1sc(NN)nc1O. The zero-order chi connectivity index (χ0) is 13.7. The molecule has 0 bridgehead atoms. The number of nitrogens with zero attached hydrogens (tertiary/aromatic N) is 2. The molecule has 5 N–H and O–H groups in total. The highest BCUT2D eigenvalue weighted by molar-refractivity contribution is 8.93. The summed E-state index contributed by atoms with van der Waals surface area (Å²) in [6.07, 6.45) is 0. The number of nitrogens with one attached hydrogen (secondary N) is 2. The van der Waals surface area contributed by atoms with Crippen LogP contribution in [0.4, 0.5) is 5.13 Å². The minimum atomic E-state index is -1.40. The molecule has 0 amide bonds. The van der Waals surface area contributed by atoms with Gasteiger partial charge in [-0.05, 0) is 6.92 Å². The number of hydrogen-bond acceptors (Lipinski definition) is 9. The lowest BCUT2D eigenvalue weighted by atomic mass is 10.0. The van der Waals surface area contributed by atoms with Crippen molar-refractivity contribution < 1.29 is 14.6 Å². The number of hydrogen-bond donors (Lipinski definition) is 4. The number of nitriles is 1. The van der Waals surface area contributed by atoms with Crippen LogP contribution in [0, 0.1) is 22.7 Å². The highest BCUT2D eigenvalue weighted by atomic mass is 79.9. The van der Waals surface area contributed by atoms with Gasteiger partial charge >= 0.3 is 5.97 Å². The highest BCUT2D eigenvalue weighted by Crippen LogP contribution is 2.29. The number of esters is 1. The van der Waals surface area contributed by atoms with Crippen LogP contribution in [0.5, 0.6) is 5.88 Å². The van der Waals surface area contributed by atoms with Gasteiger partial charge in [-0.15, -0.1) is 17.0 Å². The maximum Gasteiger partial charge on any atom is 0.329 e. The highest BCUT2D eigenvalue weighted by Gasteiger charge is 2.29. The molecule has 0 aromatic carbocycles. The Kier molecular flexibility index (Phi) is 6.99. The Hall–Kier alpha value is -1.70. The predicted octanol–water partition coefficient (Wildman–Crippen LogP) is 0.783. The van der Waals surface area contributed by atoms with E-state index in [1.54, 1.807) is 13.0 Å². The van der Waals surface area contributed by atoms with Gasteiger partial charge in [0.1, 0.15) is 4.88 Å². The lowest BCUT2D eigenvalue weighted by molar-refractivity contribution is -0.143. The second-order valence-electron chi connectivity index (χ2n) is 3.04. The number of aromatic nitrogens is 1. The molecule has 1 aromatic rings. The van der Waals surface area contributed by atoms with E-state index in [2.05, 4.69) is 15.1 Å². The van der Waals surface area contributed by atoms with Crippen molar-refractivity contribution in [2.24, 2.45) is 11.8 Å². The molecule has 0 aliphatic heterocycles. The third-order valence-electron chi connectivity index (χ3n) is 1.92. The van der Waals surface area contributed by atoms with Gasteiger partial charge < -0.3 is 15.3 Å². The van der Waals surface area contributed by atoms with Crippen LogP contribution in [0.2, 0.25) is 0 Å². The van der Waals surface area contributed by atoms with Crippen LogP contribution in [-0.4, -0.2) is 28.4 Å². The van der Waals surface area contributed by atoms with Crippen molar-refractivity contribution in [1.82, 2.24) is 4.98 Å². The molecule has 0 radical (unpaired) electrons. The molecule has 0 saturated heterocycles. The lowest BCUT2D eigenvalue weighted by Gasteiger charge is -2.08. The second-order valence-corrected chi connectivity index (χ2v) is 4.04. The molecule has 1 atom stereocenters. The number of thiazole rings is 1. The molecule has 1 rings (SSSR count). The fraction of sp³-hybridized carbons (Fsp3) is 0.333. The quantitative estimate of drug-likeness (QED) is 0.266. The summed E-state index contributed by atoms with van der Waals surface area (Å²) in [5.74, 6) is 2.42. The number of carbonyl (C=O) groups excluding carboxylic acids is 1. The summed E-state index contributed by atoms with van der Waals surface area (Å²) in [5.41, 5.74) is 1.84. The Morgan fingerprint density at radius 2 is 2.42 bits per heavy atom. The van der Waals surface area contributed by atoms with Crippen molar-refractivity contribution in [3.05, 3.63) is 4.88 Å². The van der Waals surface area contributed by atoms with Gasteiger partial charge in [0, 0.05) is 0 Å². The van der Waals surface area contributed by atoms with Gasteiger partial charge in [-0.2, -0.15) is 10.2 Å². The first-order valence-electron chi connectivity index (χ1n) is 4.86. The third-order valence-corrected chi connectivity index (χ3v) is 2.93. The van der Waals surface area contributed by atoms with Gasteiger partial charge in [-0.1, -0.05) is 11.3 Å². The zero-order valence-electron chi connectivity index (χ0n) is 9.84. The van der Waals surface area contributed by atoms with Gasteiger partial charge in [0.05, 0.1) is 18.4 Å². The van der Waals surface area contributed by atoms with E-state index in [1.807, 2.05) is 0 Å². The van der Waals surface area contributed by atoms with Gasteiger partial charge in [0.2, 0.25) is 11.0 Å². The smallest absolute Gasteiger partial charge is 0.329 e. The molecule has 0 saturated carbocycles. The van der Waals surface area contributed by atoms with Crippen molar-refractivity contribution in [1.29, 1.82) is 10.7 Å². The summed E-state index contributed by atoms with van der Waals surface area (Å²) in [4.78, 5) is 15.1. The van der Waals surface area contributed by atoms with Crippen molar-refractivity contribution in [2.45, 2.75) is 6.92 Å². The average Bonchev–Trinajstić information content (AvgIpc) is 2.71. The molecule has 1 aromatic heterocycles. The maximum atomic E-state index is 11.5. The number of hydrazine groups is 1. The Balaban J connectivity index is 0.00000324. The van der Waals surface area contributed by atoms with Gasteiger partial charge in [0.25, 0.3) is 0 Å². The van der Waals surface area contributed by atoms with Crippen LogP contribution < -0.4 is 11.3 Å². The van der Waals surface area contributed by atoms with E-state index in [9.17, 15) is 9.90 Å². The fourth-order valence-corrected chi connectivity index (χ4v) is 1.89. The minimum absolute atomic E-state index is 0. The average molecular weight is 350 g/mol. The number of halogens is 1. The van der Waals surface area contributed by atoms with Crippen molar-refractivity contribution in [3.8, 4) is 11.9 Å². The van der Waals surface area contributed by atoms with E-state index in [0.717, 1.165) is 11.3 Å². The molecule has 104 valence electrons. The number of anilines is 1. The van der Waals surface area contributed by atoms with Crippen molar-refractivity contribution in [3.63, 3.8) is 0 Å². The molecule has 10 heteroatoms. The third kappa shape index (κ3) is 3.88. The van der Waals surface area contributed by atoms with E-state index < -0.39 is 17.8 Å². The maximum absolute atomic E-state index is 11.5. The molecule has 8 nitrogen and oxygen atoms in total. The number of nitrogen functional groups attached to an aromatic ring is 1. The van der Waals surface area contributed by atoms with E-state index in [1.165, 1.54) is 0 Å². The van der Waals surface area contributed by atoms with Crippen LogP contribution in [0.25, 0.3) is 0 Å². The van der Waals surface area contributed by atoms with E-state index in [-0.39, 0.29) is 39.3 Å². The number of nitrogens with two attached hydrogens (primary N) is 1.